The summed E-state index contributed by atoms with van der Waals surface area (Å²) in [6.45, 7) is 2.08. The molecule has 0 atom stereocenters. The molecule has 1 amide bonds. The van der Waals surface area contributed by atoms with Gasteiger partial charge in [0.2, 0.25) is 11.9 Å². The van der Waals surface area contributed by atoms with E-state index in [1.165, 1.54) is 0 Å². The predicted molar refractivity (Wildman–Crippen MR) is 169 cm³/mol. The number of piperidine rings is 1. The Hall–Kier alpha value is -3.91. The smallest absolute Gasteiger partial charge is 0.263 e. The summed E-state index contributed by atoms with van der Waals surface area (Å²) < 4.78 is 7.56. The number of nitriles is 1. The van der Waals surface area contributed by atoms with Crippen molar-refractivity contribution in [3.63, 3.8) is 0 Å². The van der Waals surface area contributed by atoms with Gasteiger partial charge in [-0.2, -0.15) is 5.26 Å². The average molecular weight is 609 g/mol. The number of aromatic nitrogens is 2. The van der Waals surface area contributed by atoms with E-state index in [1.807, 2.05) is 36.4 Å². The van der Waals surface area contributed by atoms with Crippen molar-refractivity contribution < 1.29 is 14.7 Å². The third-order valence-corrected chi connectivity index (χ3v) is 7.71. The summed E-state index contributed by atoms with van der Waals surface area (Å²) in [5.74, 6) is 1.02. The average Bonchev–Trinajstić information content (AvgIpc) is 3.02. The van der Waals surface area contributed by atoms with Crippen LogP contribution in [-0.4, -0.2) is 46.4 Å². The second kappa shape index (κ2) is 16.7. The minimum atomic E-state index is -0.336. The fourth-order valence-corrected chi connectivity index (χ4v) is 5.20. The molecule has 11 heteroatoms. The molecule has 43 heavy (non-hydrogen) atoms. The van der Waals surface area contributed by atoms with Crippen molar-refractivity contribution in [3.8, 4) is 34.2 Å². The molecule has 0 aliphatic carbocycles. The van der Waals surface area contributed by atoms with E-state index in [2.05, 4.69) is 11.0 Å². The minimum absolute atomic E-state index is 0. The lowest BCUT2D eigenvalue weighted by molar-refractivity contribution is -0.129. The van der Waals surface area contributed by atoms with Gasteiger partial charge in [0, 0.05) is 38.2 Å². The Morgan fingerprint density at radius 3 is 2.26 bits per heavy atom. The first-order valence-corrected chi connectivity index (χ1v) is 14.7. The lowest BCUT2D eigenvalue weighted by Gasteiger charge is -2.32. The van der Waals surface area contributed by atoms with Crippen molar-refractivity contribution >= 4 is 24.3 Å². The van der Waals surface area contributed by atoms with Crippen LogP contribution in [0.25, 0.3) is 22.4 Å². The van der Waals surface area contributed by atoms with Gasteiger partial charge < -0.3 is 15.4 Å². The Morgan fingerprint density at radius 1 is 1.02 bits per heavy atom. The van der Waals surface area contributed by atoms with Crippen LogP contribution in [0.5, 0.6) is 5.75 Å². The van der Waals surface area contributed by atoms with Crippen LogP contribution in [0, 0.1) is 11.3 Å². The molecule has 2 heterocycles. The van der Waals surface area contributed by atoms with Crippen molar-refractivity contribution in [1.82, 2.24) is 15.0 Å². The molecule has 2 aromatic carbocycles. The second-order valence-electron chi connectivity index (χ2n) is 10.8. The number of anilines is 1. The lowest BCUT2D eigenvalue weighted by atomic mass is 9.99. The summed E-state index contributed by atoms with van der Waals surface area (Å²) in [5, 5.41) is 17.8. The van der Waals surface area contributed by atoms with E-state index in [-0.39, 0.29) is 29.9 Å². The van der Waals surface area contributed by atoms with Gasteiger partial charge in [-0.1, -0.05) is 49.9 Å². The summed E-state index contributed by atoms with van der Waals surface area (Å²) in [6, 6.07) is 17.0. The molecule has 1 aliphatic rings. The molecule has 0 bridgehead atoms. The van der Waals surface area contributed by atoms with Crippen LogP contribution < -0.4 is 26.4 Å². The van der Waals surface area contributed by atoms with Crippen molar-refractivity contribution in [1.29, 1.82) is 5.26 Å². The number of nitrogens with two attached hydrogens (primary N) is 1. The van der Waals surface area contributed by atoms with Crippen LogP contribution in [0.3, 0.4) is 0 Å². The van der Waals surface area contributed by atoms with Crippen molar-refractivity contribution in [2.24, 2.45) is 12.8 Å². The number of hydrogen-bond donors (Lipinski definition) is 3. The van der Waals surface area contributed by atoms with E-state index in [9.17, 15) is 14.9 Å². The quantitative estimate of drug-likeness (QED) is 0.140. The predicted octanol–water partition coefficient (Wildman–Crippen LogP) is 4.95. The normalized spacial score (nSPS) is 13.2. The Morgan fingerprint density at radius 2 is 1.63 bits per heavy atom. The van der Waals surface area contributed by atoms with Crippen molar-refractivity contribution in [2.45, 2.75) is 63.8 Å². The molecule has 3 aromatic rings. The highest BCUT2D eigenvalue weighted by molar-refractivity contribution is 5.85. The molecule has 0 radical (unpaired) electrons. The van der Waals surface area contributed by atoms with Crippen LogP contribution in [0.4, 0.5) is 5.95 Å². The number of nitrogens with one attached hydrogen (secondary N) is 1. The van der Waals surface area contributed by atoms with Gasteiger partial charge in [-0.15, -0.1) is 12.4 Å². The van der Waals surface area contributed by atoms with E-state index in [0.29, 0.717) is 35.8 Å². The largest absolute Gasteiger partial charge is 0.494 e. The fourth-order valence-electron chi connectivity index (χ4n) is 5.20. The van der Waals surface area contributed by atoms with Gasteiger partial charge in [-0.05, 0) is 55.5 Å². The zero-order valence-corrected chi connectivity index (χ0v) is 25.4. The van der Waals surface area contributed by atoms with Gasteiger partial charge in [-0.25, -0.2) is 10.5 Å². The Kier molecular flexibility index (Phi) is 13.0. The maximum absolute atomic E-state index is 13.8. The minimum Gasteiger partial charge on any atom is -0.494 e. The highest BCUT2D eigenvalue weighted by atomic mass is 35.5. The standard InChI is InChI=1S/C32H40N6O4.ClH/c1-37-31(40)29(24-13-15-27(16-14-24)42-21-7-5-3-2-4-6-8-28(39)36-41)30(25-11-9-23(22-33)10-12-25)35-32(37)38-19-17-26(34)18-20-38;/h9-16,26,41H,2-8,17-21,34H2,1H3,(H,36,39);1H. The highest BCUT2D eigenvalue weighted by Gasteiger charge is 2.24. The molecule has 1 aromatic heterocycles. The molecule has 1 aliphatic heterocycles. The van der Waals surface area contributed by atoms with Crippen LogP contribution >= 0.6 is 12.4 Å². The number of hydroxylamine groups is 1. The molecule has 10 nitrogen and oxygen atoms in total. The number of ether oxygens (including phenoxy) is 1. The summed E-state index contributed by atoms with van der Waals surface area (Å²) >= 11 is 0. The van der Waals surface area contributed by atoms with E-state index < -0.39 is 0 Å². The number of unbranched alkanes of at least 4 members (excludes halogenated alkanes) is 5. The van der Waals surface area contributed by atoms with Gasteiger partial charge in [0.05, 0.1) is 29.5 Å². The van der Waals surface area contributed by atoms with Crippen LogP contribution in [0.1, 0.15) is 63.4 Å². The van der Waals surface area contributed by atoms with E-state index in [4.69, 9.17) is 20.7 Å². The zero-order valence-electron chi connectivity index (χ0n) is 24.6. The summed E-state index contributed by atoms with van der Waals surface area (Å²) in [7, 11) is 1.76. The van der Waals surface area contributed by atoms with Gasteiger partial charge in [0.25, 0.3) is 5.56 Å². The Balaban J connectivity index is 0.00000506. The summed E-state index contributed by atoms with van der Waals surface area (Å²) in [5.41, 5.74) is 10.8. The number of amides is 1. The van der Waals surface area contributed by atoms with Crippen LogP contribution in [0.2, 0.25) is 0 Å². The molecular weight excluding hydrogens is 568 g/mol. The number of halogens is 1. The first kappa shape index (κ1) is 33.6. The molecule has 230 valence electrons. The lowest BCUT2D eigenvalue weighted by Crippen LogP contribution is -2.42. The molecule has 4 N–H and O–H groups in total. The number of benzene rings is 2. The number of hydrogen-bond acceptors (Lipinski definition) is 8. The van der Waals surface area contributed by atoms with Crippen molar-refractivity contribution in [3.05, 3.63) is 64.4 Å². The molecular formula is C32H41ClN6O4. The summed E-state index contributed by atoms with van der Waals surface area (Å²) in [6.07, 6.45) is 7.85. The molecule has 1 fully saturated rings. The maximum Gasteiger partial charge on any atom is 0.263 e. The number of carbonyl (C=O) groups is 1. The Labute approximate surface area is 258 Å². The van der Waals surface area contributed by atoms with E-state index >= 15 is 0 Å². The van der Waals surface area contributed by atoms with Crippen LogP contribution in [0.15, 0.2) is 53.3 Å². The monoisotopic (exact) mass is 608 g/mol. The van der Waals surface area contributed by atoms with E-state index in [1.54, 1.807) is 29.2 Å². The van der Waals surface area contributed by atoms with Crippen LogP contribution in [-0.2, 0) is 11.8 Å². The molecule has 0 unspecified atom stereocenters. The van der Waals surface area contributed by atoms with Gasteiger partial charge in [0.15, 0.2) is 0 Å². The molecule has 0 saturated carbocycles. The highest BCUT2D eigenvalue weighted by Crippen LogP contribution is 2.31. The first-order chi connectivity index (χ1) is 20.4. The van der Waals surface area contributed by atoms with Gasteiger partial charge in [0.1, 0.15) is 5.75 Å². The SMILES string of the molecule is Cl.Cn1c(N2CCC(N)CC2)nc(-c2ccc(C#N)cc2)c(-c2ccc(OCCCCCCCCC(=O)NO)cc2)c1=O. The molecule has 4 rings (SSSR count). The molecule has 0 spiro atoms. The maximum atomic E-state index is 13.8. The zero-order chi connectivity index (χ0) is 29.9. The molecule has 1 saturated heterocycles. The van der Waals surface area contributed by atoms with Gasteiger partial charge in [-0.3, -0.25) is 19.4 Å². The van der Waals surface area contributed by atoms with E-state index in [0.717, 1.165) is 81.3 Å². The number of rotatable bonds is 13. The third kappa shape index (κ3) is 9.04. The fraction of sp³-hybridized carbons (Fsp3) is 0.438. The topological polar surface area (TPSA) is 146 Å². The number of carbonyl (C=O) groups excluding carboxylic acids is 1. The Bertz CT molecular complexity index is 1430. The first-order valence-electron chi connectivity index (χ1n) is 14.7. The number of nitrogens with zero attached hydrogens (tertiary/aromatic N) is 4. The van der Waals surface area contributed by atoms with Gasteiger partial charge >= 0.3 is 0 Å². The summed E-state index contributed by atoms with van der Waals surface area (Å²) in [4.78, 5) is 32.0. The van der Waals surface area contributed by atoms with Crippen molar-refractivity contribution in [2.75, 3.05) is 24.6 Å². The second-order valence-corrected chi connectivity index (χ2v) is 10.8. The third-order valence-electron chi connectivity index (χ3n) is 7.71.